The molecule has 0 aliphatic heterocycles. The van der Waals surface area contributed by atoms with Crippen LogP contribution >= 0.6 is 11.3 Å². The van der Waals surface area contributed by atoms with Crippen molar-refractivity contribution in [3.63, 3.8) is 0 Å². The van der Waals surface area contributed by atoms with Gasteiger partial charge < -0.3 is 0 Å². The van der Waals surface area contributed by atoms with Gasteiger partial charge in [-0.05, 0) is 19.6 Å². The number of amides is 1. The average Bonchev–Trinajstić information content (AvgIpc) is 2.78. The molecular weight excluding hydrogens is 208 g/mol. The normalized spacial score (nSPS) is 17.6. The third-order valence-electron chi connectivity index (χ3n) is 2.87. The standard InChI is InChI=1S/C11H14N2OS/c1-12-10(14)11-13-9(7-15-11)8-5-3-2-4-6-8/h7-8H,1-6H2. The van der Waals surface area contributed by atoms with Crippen molar-refractivity contribution in [2.45, 2.75) is 38.0 Å². The zero-order valence-corrected chi connectivity index (χ0v) is 9.42. The van der Waals surface area contributed by atoms with E-state index in [0.717, 1.165) is 5.69 Å². The molecule has 0 atom stereocenters. The lowest BCUT2D eigenvalue weighted by molar-refractivity contribution is 0.100. The molecule has 80 valence electrons. The molecule has 15 heavy (non-hydrogen) atoms. The summed E-state index contributed by atoms with van der Waals surface area (Å²) in [5.74, 6) is 0.253. The number of hydrogen-bond donors (Lipinski definition) is 0. The summed E-state index contributed by atoms with van der Waals surface area (Å²) in [5, 5.41) is 2.47. The van der Waals surface area contributed by atoms with Gasteiger partial charge in [0, 0.05) is 11.3 Å². The molecule has 0 saturated heterocycles. The molecule has 0 aromatic carbocycles. The maximum Gasteiger partial charge on any atom is 0.305 e. The minimum absolute atomic E-state index is 0.304. The molecule has 0 unspecified atom stereocenters. The Bertz CT molecular complexity index is 366. The number of hydrogen-bond acceptors (Lipinski definition) is 3. The number of rotatable bonds is 2. The van der Waals surface area contributed by atoms with Crippen molar-refractivity contribution in [2.24, 2.45) is 4.99 Å². The van der Waals surface area contributed by atoms with E-state index >= 15 is 0 Å². The fraction of sp³-hybridized carbons (Fsp3) is 0.545. The summed E-state index contributed by atoms with van der Waals surface area (Å²) in [4.78, 5) is 18.9. The van der Waals surface area contributed by atoms with Crippen LogP contribution < -0.4 is 0 Å². The molecule has 2 rings (SSSR count). The third-order valence-corrected chi connectivity index (χ3v) is 3.72. The van der Waals surface area contributed by atoms with Gasteiger partial charge in [-0.1, -0.05) is 19.3 Å². The second-order valence-corrected chi connectivity index (χ2v) is 4.73. The van der Waals surface area contributed by atoms with Crippen molar-refractivity contribution in [2.75, 3.05) is 0 Å². The van der Waals surface area contributed by atoms with Gasteiger partial charge in [0.1, 0.15) is 0 Å². The van der Waals surface area contributed by atoms with E-state index in [2.05, 4.69) is 16.7 Å². The summed E-state index contributed by atoms with van der Waals surface area (Å²) in [7, 11) is 0. The molecule has 1 heterocycles. The predicted octanol–water partition coefficient (Wildman–Crippen LogP) is 3.03. The van der Waals surface area contributed by atoms with Gasteiger partial charge in [0.05, 0.1) is 5.69 Å². The summed E-state index contributed by atoms with van der Waals surface area (Å²) < 4.78 is 0. The van der Waals surface area contributed by atoms with Crippen LogP contribution in [-0.2, 0) is 0 Å². The molecule has 3 nitrogen and oxygen atoms in total. The van der Waals surface area contributed by atoms with E-state index in [0.29, 0.717) is 10.9 Å². The van der Waals surface area contributed by atoms with Crippen molar-refractivity contribution >= 4 is 24.0 Å². The Kier molecular flexibility index (Phi) is 3.26. The highest BCUT2D eigenvalue weighted by Crippen LogP contribution is 2.33. The van der Waals surface area contributed by atoms with E-state index in [1.165, 1.54) is 43.4 Å². The second kappa shape index (κ2) is 4.66. The summed E-state index contributed by atoms with van der Waals surface area (Å²) in [5.41, 5.74) is 1.08. The minimum Gasteiger partial charge on any atom is -0.264 e. The lowest BCUT2D eigenvalue weighted by Crippen LogP contribution is -2.05. The van der Waals surface area contributed by atoms with Crippen molar-refractivity contribution in [3.8, 4) is 0 Å². The van der Waals surface area contributed by atoms with Crippen LogP contribution in [-0.4, -0.2) is 17.6 Å². The number of thiazole rings is 1. The first-order valence-corrected chi connectivity index (χ1v) is 6.15. The molecule has 0 N–H and O–H groups in total. The van der Waals surface area contributed by atoms with Crippen LogP contribution in [0.5, 0.6) is 0 Å². The van der Waals surface area contributed by atoms with Gasteiger partial charge in [-0.3, -0.25) is 4.79 Å². The van der Waals surface area contributed by atoms with Crippen molar-refractivity contribution in [1.29, 1.82) is 0 Å². The first-order valence-electron chi connectivity index (χ1n) is 5.27. The molecule has 1 saturated carbocycles. The number of carbonyl (C=O) groups is 1. The number of nitrogens with zero attached hydrogens (tertiary/aromatic N) is 2. The SMILES string of the molecule is C=NC(=O)c1nc(C2CCCCC2)cs1. The zero-order chi connectivity index (χ0) is 10.7. The Labute approximate surface area is 93.3 Å². The summed E-state index contributed by atoms with van der Waals surface area (Å²) in [6.45, 7) is 3.23. The first kappa shape index (κ1) is 10.5. The molecule has 4 heteroatoms. The van der Waals surface area contributed by atoms with Crippen LogP contribution in [0, 0.1) is 0 Å². The zero-order valence-electron chi connectivity index (χ0n) is 8.61. The fourth-order valence-corrected chi connectivity index (χ4v) is 2.84. The molecule has 0 spiro atoms. The number of carbonyl (C=O) groups excluding carboxylic acids is 1. The van der Waals surface area contributed by atoms with E-state index in [1.807, 2.05) is 5.38 Å². The maximum absolute atomic E-state index is 11.2. The maximum atomic E-state index is 11.2. The Morgan fingerprint density at radius 2 is 2.20 bits per heavy atom. The van der Waals surface area contributed by atoms with Crippen LogP contribution in [0.4, 0.5) is 0 Å². The third kappa shape index (κ3) is 2.31. The van der Waals surface area contributed by atoms with Crippen LogP contribution in [0.2, 0.25) is 0 Å². The Hall–Kier alpha value is -1.03. The average molecular weight is 222 g/mol. The van der Waals surface area contributed by atoms with Gasteiger partial charge in [0.25, 0.3) is 0 Å². The predicted molar refractivity (Wildman–Crippen MR) is 61.8 cm³/mol. The summed E-state index contributed by atoms with van der Waals surface area (Å²) in [6, 6.07) is 0. The Morgan fingerprint density at radius 3 is 2.87 bits per heavy atom. The highest BCUT2D eigenvalue weighted by Gasteiger charge is 2.19. The van der Waals surface area contributed by atoms with Crippen molar-refractivity contribution in [3.05, 3.63) is 16.1 Å². The highest BCUT2D eigenvalue weighted by atomic mass is 32.1. The first-order chi connectivity index (χ1) is 7.31. The monoisotopic (exact) mass is 222 g/mol. The van der Waals surface area contributed by atoms with E-state index in [9.17, 15) is 4.79 Å². The smallest absolute Gasteiger partial charge is 0.264 e. The Morgan fingerprint density at radius 1 is 1.47 bits per heavy atom. The molecule has 1 aliphatic rings. The summed E-state index contributed by atoms with van der Waals surface area (Å²) >= 11 is 1.38. The molecule has 0 radical (unpaired) electrons. The quantitative estimate of drug-likeness (QED) is 0.722. The fourth-order valence-electron chi connectivity index (χ4n) is 2.04. The molecule has 1 aliphatic carbocycles. The van der Waals surface area contributed by atoms with Gasteiger partial charge in [0.2, 0.25) is 0 Å². The van der Waals surface area contributed by atoms with Crippen LogP contribution in [0.25, 0.3) is 0 Å². The van der Waals surface area contributed by atoms with Gasteiger partial charge in [0.15, 0.2) is 5.01 Å². The van der Waals surface area contributed by atoms with Gasteiger partial charge in [-0.25, -0.2) is 9.98 Å². The van der Waals surface area contributed by atoms with E-state index in [-0.39, 0.29) is 5.91 Å². The largest absolute Gasteiger partial charge is 0.305 e. The van der Waals surface area contributed by atoms with E-state index < -0.39 is 0 Å². The van der Waals surface area contributed by atoms with Crippen molar-refractivity contribution in [1.82, 2.24) is 4.98 Å². The number of aromatic nitrogens is 1. The summed E-state index contributed by atoms with van der Waals surface area (Å²) in [6.07, 6.45) is 6.31. The lowest BCUT2D eigenvalue weighted by atomic mass is 9.87. The topological polar surface area (TPSA) is 42.3 Å². The van der Waals surface area contributed by atoms with Gasteiger partial charge >= 0.3 is 5.91 Å². The molecule has 1 amide bonds. The van der Waals surface area contributed by atoms with Gasteiger partial charge in [-0.15, -0.1) is 11.3 Å². The second-order valence-electron chi connectivity index (χ2n) is 3.88. The van der Waals surface area contributed by atoms with E-state index in [1.54, 1.807) is 0 Å². The Balaban J connectivity index is 2.11. The lowest BCUT2D eigenvalue weighted by Gasteiger charge is -2.19. The van der Waals surface area contributed by atoms with Crippen LogP contribution in [0.3, 0.4) is 0 Å². The van der Waals surface area contributed by atoms with E-state index in [4.69, 9.17) is 0 Å². The molecule has 1 aromatic heterocycles. The minimum atomic E-state index is -0.304. The molecule has 1 fully saturated rings. The van der Waals surface area contributed by atoms with Crippen LogP contribution in [0.15, 0.2) is 10.4 Å². The van der Waals surface area contributed by atoms with Gasteiger partial charge in [-0.2, -0.15) is 0 Å². The molecular formula is C11H14N2OS. The number of aliphatic imine (C=N–C) groups is 1. The molecule has 1 aromatic rings. The highest BCUT2D eigenvalue weighted by molar-refractivity contribution is 7.11. The molecule has 0 bridgehead atoms. The van der Waals surface area contributed by atoms with Crippen molar-refractivity contribution < 1.29 is 4.79 Å². The van der Waals surface area contributed by atoms with Crippen LogP contribution in [0.1, 0.15) is 53.5 Å².